The molecule has 0 N–H and O–H groups in total. The second-order valence-electron chi connectivity index (χ2n) is 5.61. The van der Waals surface area contributed by atoms with Crippen molar-refractivity contribution in [1.29, 1.82) is 0 Å². The van der Waals surface area contributed by atoms with Gasteiger partial charge in [0, 0.05) is 6.42 Å². The van der Waals surface area contributed by atoms with Crippen LogP contribution in [0.5, 0.6) is 0 Å². The first-order valence-electron chi connectivity index (χ1n) is 5.96. The summed E-state index contributed by atoms with van der Waals surface area (Å²) in [5.41, 5.74) is -0.687. The summed E-state index contributed by atoms with van der Waals surface area (Å²) in [7, 11) is -3.61. The third-order valence-corrected chi connectivity index (χ3v) is 3.03. The summed E-state index contributed by atoms with van der Waals surface area (Å²) in [6.45, 7) is 4.76. The number of hydrogen-bond acceptors (Lipinski definition) is 5. The van der Waals surface area contributed by atoms with E-state index in [2.05, 4.69) is 4.18 Å². The summed E-state index contributed by atoms with van der Waals surface area (Å²) in [6.07, 6.45) is -0.892. The van der Waals surface area contributed by atoms with Crippen molar-refractivity contribution in [3.8, 4) is 0 Å². The van der Waals surface area contributed by atoms with Gasteiger partial charge in [-0.05, 0) is 20.8 Å². The second-order valence-corrected chi connectivity index (χ2v) is 7.25. The van der Waals surface area contributed by atoms with E-state index >= 15 is 0 Å². The zero-order valence-corrected chi connectivity index (χ0v) is 12.4. The molecule has 1 aliphatic heterocycles. The predicted octanol–water partition coefficient (Wildman–Crippen LogP) is 1.31. The molecule has 112 valence electrons. The van der Waals surface area contributed by atoms with Crippen LogP contribution in [-0.4, -0.2) is 56.6 Å². The number of carbonyl (C=O) groups is 1. The highest BCUT2D eigenvalue weighted by molar-refractivity contribution is 7.85. The third kappa shape index (κ3) is 5.73. The van der Waals surface area contributed by atoms with Crippen molar-refractivity contribution in [3.63, 3.8) is 0 Å². The molecule has 0 radical (unpaired) electrons. The molecule has 1 aliphatic rings. The Morgan fingerprint density at radius 1 is 1.42 bits per heavy atom. The van der Waals surface area contributed by atoms with E-state index in [1.54, 1.807) is 20.8 Å². The van der Waals surface area contributed by atoms with Crippen molar-refractivity contribution in [3.05, 3.63) is 0 Å². The van der Waals surface area contributed by atoms with Crippen LogP contribution in [-0.2, 0) is 19.0 Å². The van der Waals surface area contributed by atoms with E-state index in [0.717, 1.165) is 6.26 Å². The van der Waals surface area contributed by atoms with Gasteiger partial charge in [-0.2, -0.15) is 8.42 Å². The van der Waals surface area contributed by atoms with Gasteiger partial charge in [0.15, 0.2) is 0 Å². The quantitative estimate of drug-likeness (QED) is 0.734. The number of halogens is 1. The average molecular weight is 297 g/mol. The number of alkyl halides is 1. The molecule has 1 amide bonds. The number of nitrogens with zero attached hydrogens (tertiary/aromatic N) is 1. The molecule has 8 heteroatoms. The van der Waals surface area contributed by atoms with Gasteiger partial charge >= 0.3 is 6.09 Å². The Balaban J connectivity index is 2.66. The zero-order chi connectivity index (χ0) is 14.8. The molecule has 1 heterocycles. The van der Waals surface area contributed by atoms with E-state index in [4.69, 9.17) is 4.74 Å². The van der Waals surface area contributed by atoms with Crippen LogP contribution in [0.3, 0.4) is 0 Å². The maximum atomic E-state index is 13.4. The Kier molecular flexibility index (Phi) is 4.78. The number of amides is 1. The minimum atomic E-state index is -3.61. The summed E-state index contributed by atoms with van der Waals surface area (Å²) >= 11 is 0. The molecule has 1 rings (SSSR count). The molecule has 0 spiro atoms. The Morgan fingerprint density at radius 3 is 2.47 bits per heavy atom. The van der Waals surface area contributed by atoms with Crippen molar-refractivity contribution in [2.45, 2.75) is 45.0 Å². The lowest BCUT2D eigenvalue weighted by Gasteiger charge is -2.27. The van der Waals surface area contributed by atoms with Crippen molar-refractivity contribution in [2.24, 2.45) is 0 Å². The number of carbonyl (C=O) groups excluding carboxylic acids is 1. The monoisotopic (exact) mass is 297 g/mol. The smallest absolute Gasteiger partial charge is 0.410 e. The molecule has 0 aromatic heterocycles. The fraction of sp³-hybridized carbons (Fsp3) is 0.909. The lowest BCUT2D eigenvalue weighted by Crippen LogP contribution is -2.42. The minimum absolute atomic E-state index is 0.0504. The molecule has 1 fully saturated rings. The van der Waals surface area contributed by atoms with Crippen LogP contribution in [0.2, 0.25) is 0 Å². The molecular weight excluding hydrogens is 277 g/mol. The van der Waals surface area contributed by atoms with Crippen LogP contribution in [0, 0.1) is 0 Å². The average Bonchev–Trinajstić information content (AvgIpc) is 2.53. The molecule has 0 aromatic rings. The van der Waals surface area contributed by atoms with Crippen LogP contribution >= 0.6 is 0 Å². The topological polar surface area (TPSA) is 72.9 Å². The van der Waals surface area contributed by atoms with Crippen LogP contribution in [0.4, 0.5) is 9.18 Å². The van der Waals surface area contributed by atoms with Gasteiger partial charge in [0.25, 0.3) is 10.1 Å². The molecule has 0 aliphatic carbocycles. The highest BCUT2D eigenvalue weighted by Crippen LogP contribution is 2.23. The van der Waals surface area contributed by atoms with Crippen LogP contribution in [0.25, 0.3) is 0 Å². The van der Waals surface area contributed by atoms with Gasteiger partial charge in [-0.3, -0.25) is 9.08 Å². The van der Waals surface area contributed by atoms with E-state index in [-0.39, 0.29) is 19.6 Å². The summed E-state index contributed by atoms with van der Waals surface area (Å²) in [4.78, 5) is 13.1. The Bertz CT molecular complexity index is 431. The van der Waals surface area contributed by atoms with Crippen molar-refractivity contribution in [2.75, 3.05) is 19.4 Å². The van der Waals surface area contributed by atoms with Crippen molar-refractivity contribution < 1.29 is 26.5 Å². The summed E-state index contributed by atoms with van der Waals surface area (Å²) in [5, 5.41) is 0. The Labute approximate surface area is 113 Å². The SMILES string of the molecule is CC(C)(C)OC(=O)N1C[C@H](F)C[C@@H]1COS(C)(=O)=O. The van der Waals surface area contributed by atoms with Gasteiger partial charge in [-0.25, -0.2) is 9.18 Å². The minimum Gasteiger partial charge on any atom is -0.444 e. The molecule has 0 aromatic carbocycles. The van der Waals surface area contributed by atoms with Gasteiger partial charge in [-0.15, -0.1) is 0 Å². The molecule has 0 bridgehead atoms. The van der Waals surface area contributed by atoms with Gasteiger partial charge in [0.05, 0.1) is 25.4 Å². The maximum absolute atomic E-state index is 13.4. The van der Waals surface area contributed by atoms with E-state index in [1.807, 2.05) is 0 Å². The lowest BCUT2D eigenvalue weighted by molar-refractivity contribution is 0.0183. The molecule has 0 saturated carbocycles. The normalized spacial score (nSPS) is 24.6. The van der Waals surface area contributed by atoms with Gasteiger partial charge in [0.1, 0.15) is 11.8 Å². The van der Waals surface area contributed by atoms with Gasteiger partial charge in [-0.1, -0.05) is 0 Å². The van der Waals surface area contributed by atoms with E-state index < -0.39 is 34.0 Å². The first-order chi connectivity index (χ1) is 8.48. The second kappa shape index (κ2) is 5.62. The van der Waals surface area contributed by atoms with Crippen LogP contribution < -0.4 is 0 Å². The molecule has 2 atom stereocenters. The van der Waals surface area contributed by atoms with Crippen LogP contribution in [0.1, 0.15) is 27.2 Å². The van der Waals surface area contributed by atoms with Gasteiger partial charge < -0.3 is 4.74 Å². The molecule has 0 unspecified atom stereocenters. The molecular formula is C11H20FNO5S. The zero-order valence-electron chi connectivity index (χ0n) is 11.6. The molecule has 6 nitrogen and oxygen atoms in total. The Morgan fingerprint density at radius 2 is 2.00 bits per heavy atom. The third-order valence-electron chi connectivity index (χ3n) is 2.47. The fourth-order valence-corrected chi connectivity index (χ4v) is 2.17. The van der Waals surface area contributed by atoms with E-state index in [9.17, 15) is 17.6 Å². The fourth-order valence-electron chi connectivity index (χ4n) is 1.76. The summed E-state index contributed by atoms with van der Waals surface area (Å²) in [5.74, 6) is 0. The van der Waals surface area contributed by atoms with Crippen molar-refractivity contribution >= 4 is 16.2 Å². The number of ether oxygens (including phenoxy) is 1. The first-order valence-corrected chi connectivity index (χ1v) is 7.78. The highest BCUT2D eigenvalue weighted by atomic mass is 32.2. The van der Waals surface area contributed by atoms with E-state index in [1.165, 1.54) is 4.90 Å². The van der Waals surface area contributed by atoms with Crippen LogP contribution in [0.15, 0.2) is 0 Å². The van der Waals surface area contributed by atoms with Crippen molar-refractivity contribution in [1.82, 2.24) is 4.90 Å². The molecule has 1 saturated heterocycles. The molecule has 19 heavy (non-hydrogen) atoms. The Hall–Kier alpha value is -0.890. The number of rotatable bonds is 3. The lowest BCUT2D eigenvalue weighted by atomic mass is 10.2. The van der Waals surface area contributed by atoms with Gasteiger partial charge in [0.2, 0.25) is 0 Å². The van der Waals surface area contributed by atoms with E-state index in [0.29, 0.717) is 0 Å². The number of hydrogen-bond donors (Lipinski definition) is 0. The largest absolute Gasteiger partial charge is 0.444 e. The standard InChI is InChI=1S/C11H20FNO5S/c1-11(2,3)18-10(14)13-6-8(12)5-9(13)7-17-19(4,15)16/h8-9H,5-7H2,1-4H3/t8-,9-/m1/s1. The predicted molar refractivity (Wildman–Crippen MR) is 67.0 cm³/mol. The highest BCUT2D eigenvalue weighted by Gasteiger charge is 2.38. The first kappa shape index (κ1) is 16.2. The maximum Gasteiger partial charge on any atom is 0.410 e. The summed E-state index contributed by atoms with van der Waals surface area (Å²) in [6, 6.07) is -0.625. The summed E-state index contributed by atoms with van der Waals surface area (Å²) < 4.78 is 45.0. The number of likely N-dealkylation sites (tertiary alicyclic amines) is 1.